The molecule has 0 fully saturated rings. The van der Waals surface area contributed by atoms with Crippen LogP contribution in [0.4, 0.5) is 11.4 Å². The fourth-order valence-electron chi connectivity index (χ4n) is 1.99. The summed E-state index contributed by atoms with van der Waals surface area (Å²) in [5.74, 6) is -1.06. The maximum Gasteiger partial charge on any atom is 0.293 e. The maximum atomic E-state index is 12.3. The number of nitrogens with one attached hydrogen (secondary N) is 1. The Morgan fingerprint density at radius 1 is 1.26 bits per heavy atom. The van der Waals surface area contributed by atoms with Crippen molar-refractivity contribution >= 4 is 23.2 Å². The zero-order chi connectivity index (χ0) is 17.0. The molecular formula is C15H15N4O4+. The number of anilines is 1. The van der Waals surface area contributed by atoms with Crippen LogP contribution in [0, 0.1) is 10.1 Å². The number of nitro benzene ring substituents is 1. The van der Waals surface area contributed by atoms with Crippen molar-refractivity contribution in [2.45, 2.75) is 13.0 Å². The number of aromatic nitrogens is 1. The van der Waals surface area contributed by atoms with Gasteiger partial charge in [-0.15, -0.1) is 0 Å². The molecule has 0 aliphatic carbocycles. The highest BCUT2D eigenvalue weighted by Gasteiger charge is 2.25. The van der Waals surface area contributed by atoms with E-state index in [0.717, 1.165) is 0 Å². The lowest BCUT2D eigenvalue weighted by Gasteiger charge is -2.09. The van der Waals surface area contributed by atoms with Crippen LogP contribution in [0.5, 0.6) is 0 Å². The number of benzene rings is 1. The van der Waals surface area contributed by atoms with E-state index < -0.39 is 22.8 Å². The second-order valence-electron chi connectivity index (χ2n) is 4.84. The van der Waals surface area contributed by atoms with Gasteiger partial charge in [0.05, 0.1) is 4.92 Å². The second kappa shape index (κ2) is 6.65. The molecule has 0 bridgehead atoms. The first kappa shape index (κ1) is 16.1. The fraction of sp³-hybridized carbons (Fsp3) is 0.133. The Morgan fingerprint density at radius 2 is 1.96 bits per heavy atom. The molecule has 118 valence electrons. The second-order valence-corrected chi connectivity index (χ2v) is 4.84. The van der Waals surface area contributed by atoms with Gasteiger partial charge in [0.2, 0.25) is 6.04 Å². The van der Waals surface area contributed by atoms with E-state index in [1.807, 2.05) is 0 Å². The van der Waals surface area contributed by atoms with E-state index in [1.54, 1.807) is 25.3 Å². The summed E-state index contributed by atoms with van der Waals surface area (Å²) in [5, 5.41) is 13.5. The highest BCUT2D eigenvalue weighted by molar-refractivity contribution is 5.94. The van der Waals surface area contributed by atoms with E-state index in [0.29, 0.717) is 0 Å². The van der Waals surface area contributed by atoms with Crippen molar-refractivity contribution in [3.63, 3.8) is 0 Å². The van der Waals surface area contributed by atoms with E-state index in [1.165, 1.54) is 35.0 Å². The van der Waals surface area contributed by atoms with Crippen molar-refractivity contribution in [3.8, 4) is 0 Å². The first-order valence-electron chi connectivity index (χ1n) is 6.75. The summed E-state index contributed by atoms with van der Waals surface area (Å²) in [6.45, 7) is 1.61. The highest BCUT2D eigenvalue weighted by Crippen LogP contribution is 2.23. The number of pyridine rings is 1. The van der Waals surface area contributed by atoms with Crippen LogP contribution >= 0.6 is 0 Å². The number of para-hydroxylation sites is 2. The van der Waals surface area contributed by atoms with Crippen molar-refractivity contribution in [1.29, 1.82) is 0 Å². The summed E-state index contributed by atoms with van der Waals surface area (Å²) in [4.78, 5) is 33.9. The Hall–Kier alpha value is -3.29. The zero-order valence-corrected chi connectivity index (χ0v) is 12.3. The van der Waals surface area contributed by atoms with Crippen LogP contribution in [0.3, 0.4) is 0 Å². The van der Waals surface area contributed by atoms with Gasteiger partial charge in [0.25, 0.3) is 17.5 Å². The van der Waals surface area contributed by atoms with Crippen LogP contribution in [0.1, 0.15) is 23.3 Å². The molecule has 1 aromatic heterocycles. The molecule has 0 saturated carbocycles. The highest BCUT2D eigenvalue weighted by atomic mass is 16.6. The number of nitro groups is 1. The molecule has 1 heterocycles. The minimum atomic E-state index is -0.686. The molecule has 1 aromatic carbocycles. The van der Waals surface area contributed by atoms with Gasteiger partial charge in [-0.2, -0.15) is 4.57 Å². The molecule has 23 heavy (non-hydrogen) atoms. The monoisotopic (exact) mass is 315 g/mol. The van der Waals surface area contributed by atoms with Gasteiger partial charge in [-0.25, -0.2) is 0 Å². The van der Waals surface area contributed by atoms with E-state index in [2.05, 4.69) is 5.32 Å². The molecule has 8 heteroatoms. The first-order chi connectivity index (χ1) is 10.9. The van der Waals surface area contributed by atoms with Crippen LogP contribution in [-0.2, 0) is 4.79 Å². The molecule has 0 spiro atoms. The van der Waals surface area contributed by atoms with Crippen molar-refractivity contribution in [2.75, 3.05) is 5.32 Å². The van der Waals surface area contributed by atoms with Crippen LogP contribution < -0.4 is 15.6 Å². The molecular weight excluding hydrogens is 300 g/mol. The van der Waals surface area contributed by atoms with Crippen LogP contribution in [-0.4, -0.2) is 16.7 Å². The minimum absolute atomic E-state index is 0.112. The van der Waals surface area contributed by atoms with Crippen LogP contribution in [0.2, 0.25) is 0 Å². The van der Waals surface area contributed by atoms with Crippen molar-refractivity contribution < 1.29 is 19.1 Å². The van der Waals surface area contributed by atoms with E-state index in [9.17, 15) is 19.7 Å². The summed E-state index contributed by atoms with van der Waals surface area (Å²) in [6, 6.07) is 8.31. The van der Waals surface area contributed by atoms with Crippen molar-refractivity contribution in [2.24, 2.45) is 5.73 Å². The SMILES string of the molecule is C[C@H](C(=O)Nc1ccccc1[N+](=O)[O-])[n+]1cccc(C(N)=O)c1. The largest absolute Gasteiger partial charge is 0.365 e. The number of hydrogen-bond donors (Lipinski definition) is 2. The Balaban J connectivity index is 2.23. The summed E-state index contributed by atoms with van der Waals surface area (Å²) >= 11 is 0. The summed E-state index contributed by atoms with van der Waals surface area (Å²) in [7, 11) is 0. The molecule has 0 radical (unpaired) electrons. The lowest BCUT2D eigenvalue weighted by molar-refractivity contribution is -0.705. The normalized spacial score (nSPS) is 11.5. The number of rotatable bonds is 5. The Morgan fingerprint density at radius 3 is 2.61 bits per heavy atom. The van der Waals surface area contributed by atoms with Gasteiger partial charge in [-0.1, -0.05) is 12.1 Å². The molecule has 2 aromatic rings. The quantitative estimate of drug-likeness (QED) is 0.489. The molecule has 3 N–H and O–H groups in total. The molecule has 0 aliphatic heterocycles. The molecule has 0 saturated heterocycles. The van der Waals surface area contributed by atoms with Gasteiger partial charge in [0.1, 0.15) is 11.3 Å². The molecule has 2 rings (SSSR count). The average Bonchev–Trinajstić information content (AvgIpc) is 2.54. The van der Waals surface area contributed by atoms with Crippen LogP contribution in [0.15, 0.2) is 48.8 Å². The minimum Gasteiger partial charge on any atom is -0.365 e. The topological polar surface area (TPSA) is 119 Å². The number of carbonyl (C=O) groups excluding carboxylic acids is 2. The Bertz CT molecular complexity index is 776. The summed E-state index contributed by atoms with van der Waals surface area (Å²) < 4.78 is 1.50. The molecule has 8 nitrogen and oxygen atoms in total. The third-order valence-electron chi connectivity index (χ3n) is 3.29. The molecule has 0 aliphatic rings. The average molecular weight is 315 g/mol. The first-order valence-corrected chi connectivity index (χ1v) is 6.75. The zero-order valence-electron chi connectivity index (χ0n) is 12.3. The third-order valence-corrected chi connectivity index (χ3v) is 3.29. The number of hydrogen-bond acceptors (Lipinski definition) is 4. The standard InChI is InChI=1S/C15H14N4O4/c1-10(18-8-4-5-11(9-18)14(16)20)15(21)17-12-6-2-3-7-13(12)19(22)23/h2-10H,1H3,(H2-,16,17,20,21)/p+1/t10-/m1/s1. The number of primary amides is 1. The third kappa shape index (κ3) is 3.67. The number of nitrogens with two attached hydrogens (primary N) is 1. The number of carbonyl (C=O) groups is 2. The van der Waals surface area contributed by atoms with E-state index in [-0.39, 0.29) is 16.9 Å². The summed E-state index contributed by atoms with van der Waals surface area (Å²) in [6.07, 6.45) is 3.06. The maximum absolute atomic E-state index is 12.3. The van der Waals surface area contributed by atoms with Gasteiger partial charge in [0, 0.05) is 19.1 Å². The van der Waals surface area contributed by atoms with Crippen LogP contribution in [0.25, 0.3) is 0 Å². The van der Waals surface area contributed by atoms with Crippen molar-refractivity contribution in [1.82, 2.24) is 0 Å². The molecule has 0 unspecified atom stereocenters. The Labute approximate surface area is 131 Å². The summed E-state index contributed by atoms with van der Waals surface area (Å²) in [5.41, 5.74) is 5.39. The van der Waals surface area contributed by atoms with Gasteiger partial charge in [0.15, 0.2) is 12.4 Å². The Kier molecular flexibility index (Phi) is 4.65. The predicted octanol–water partition coefficient (Wildman–Crippen LogP) is 1.18. The van der Waals surface area contributed by atoms with Gasteiger partial charge >= 0.3 is 0 Å². The smallest absolute Gasteiger partial charge is 0.293 e. The fourth-order valence-corrected chi connectivity index (χ4v) is 1.99. The van der Waals surface area contributed by atoms with Gasteiger partial charge in [-0.3, -0.25) is 19.7 Å². The van der Waals surface area contributed by atoms with Gasteiger partial charge < -0.3 is 11.1 Å². The van der Waals surface area contributed by atoms with Crippen molar-refractivity contribution in [3.05, 3.63) is 64.5 Å². The lowest BCUT2D eigenvalue weighted by atomic mass is 10.2. The van der Waals surface area contributed by atoms with E-state index >= 15 is 0 Å². The van der Waals surface area contributed by atoms with Gasteiger partial charge in [-0.05, 0) is 12.1 Å². The van der Waals surface area contributed by atoms with E-state index in [4.69, 9.17) is 5.73 Å². The number of nitrogens with zero attached hydrogens (tertiary/aromatic N) is 2. The predicted molar refractivity (Wildman–Crippen MR) is 81.6 cm³/mol. The molecule has 1 atom stereocenters. The number of amides is 2. The lowest BCUT2D eigenvalue weighted by Crippen LogP contribution is -2.44. The molecule has 2 amide bonds.